The third kappa shape index (κ3) is 4.53. The van der Waals surface area contributed by atoms with Crippen molar-refractivity contribution in [2.24, 2.45) is 5.41 Å². The molecule has 1 fully saturated rings. The van der Waals surface area contributed by atoms with Crippen LogP contribution in [0.2, 0.25) is 0 Å². The van der Waals surface area contributed by atoms with Gasteiger partial charge in [0.25, 0.3) is 5.91 Å². The standard InChI is InChI=1S/C19H25NO5/c1-3-11-25-16-12-14(24-2)7-8-15(16)17(21)20-13-19(18(22)23)9-5-4-6-10-19/h3,7-8,12H,1,4-6,9-11,13H2,2H3,(H,20,21)(H,22,23). The number of aliphatic carboxylic acids is 1. The van der Waals surface area contributed by atoms with Crippen LogP contribution in [0, 0.1) is 5.41 Å². The number of hydrogen-bond donors (Lipinski definition) is 2. The number of ether oxygens (including phenoxy) is 2. The average Bonchev–Trinajstić information content (AvgIpc) is 2.64. The molecule has 1 aromatic rings. The molecule has 0 aromatic heterocycles. The summed E-state index contributed by atoms with van der Waals surface area (Å²) in [6.45, 7) is 3.97. The molecular weight excluding hydrogens is 322 g/mol. The van der Waals surface area contributed by atoms with Crippen LogP contribution in [0.3, 0.4) is 0 Å². The largest absolute Gasteiger partial charge is 0.497 e. The molecule has 0 radical (unpaired) electrons. The van der Waals surface area contributed by atoms with Crippen LogP contribution < -0.4 is 14.8 Å². The first-order valence-corrected chi connectivity index (χ1v) is 8.46. The van der Waals surface area contributed by atoms with Gasteiger partial charge in [-0.1, -0.05) is 31.9 Å². The minimum absolute atomic E-state index is 0.119. The summed E-state index contributed by atoms with van der Waals surface area (Å²) in [4.78, 5) is 24.3. The lowest BCUT2D eigenvalue weighted by Crippen LogP contribution is -2.44. The molecule has 1 aliphatic carbocycles. The number of amides is 1. The van der Waals surface area contributed by atoms with E-state index in [1.807, 2.05) is 0 Å². The van der Waals surface area contributed by atoms with Gasteiger partial charge in [0, 0.05) is 12.6 Å². The van der Waals surface area contributed by atoms with E-state index in [-0.39, 0.29) is 19.1 Å². The maximum absolute atomic E-state index is 12.6. The molecule has 0 saturated heterocycles. The number of carbonyl (C=O) groups is 2. The van der Waals surface area contributed by atoms with E-state index in [2.05, 4.69) is 11.9 Å². The monoisotopic (exact) mass is 347 g/mol. The Morgan fingerprint density at radius 2 is 2.04 bits per heavy atom. The molecule has 2 rings (SSSR count). The second-order valence-electron chi connectivity index (χ2n) is 6.29. The van der Waals surface area contributed by atoms with Gasteiger partial charge in [0.05, 0.1) is 18.1 Å². The van der Waals surface area contributed by atoms with E-state index in [0.29, 0.717) is 29.9 Å². The minimum Gasteiger partial charge on any atom is -0.497 e. The predicted octanol–water partition coefficient (Wildman–Crippen LogP) is 3.02. The number of hydrogen-bond acceptors (Lipinski definition) is 4. The number of benzene rings is 1. The van der Waals surface area contributed by atoms with Crippen molar-refractivity contribution in [2.45, 2.75) is 32.1 Å². The Labute approximate surface area is 147 Å². The van der Waals surface area contributed by atoms with E-state index in [9.17, 15) is 14.7 Å². The van der Waals surface area contributed by atoms with E-state index in [0.717, 1.165) is 19.3 Å². The molecule has 0 bridgehead atoms. The first kappa shape index (κ1) is 18.8. The number of rotatable bonds is 8. The molecule has 0 unspecified atom stereocenters. The quantitative estimate of drug-likeness (QED) is 0.706. The molecular formula is C19H25NO5. The van der Waals surface area contributed by atoms with Crippen molar-refractivity contribution in [1.82, 2.24) is 5.32 Å². The van der Waals surface area contributed by atoms with Crippen LogP contribution in [0.1, 0.15) is 42.5 Å². The number of carbonyl (C=O) groups excluding carboxylic acids is 1. The molecule has 0 spiro atoms. The highest BCUT2D eigenvalue weighted by Crippen LogP contribution is 2.36. The lowest BCUT2D eigenvalue weighted by Gasteiger charge is -2.33. The first-order valence-electron chi connectivity index (χ1n) is 8.46. The molecule has 25 heavy (non-hydrogen) atoms. The van der Waals surface area contributed by atoms with Crippen molar-refractivity contribution in [1.29, 1.82) is 0 Å². The third-order valence-corrected chi connectivity index (χ3v) is 4.64. The second kappa shape index (κ2) is 8.55. The number of carboxylic acids is 1. The van der Waals surface area contributed by atoms with Crippen LogP contribution in [0.5, 0.6) is 11.5 Å². The third-order valence-electron chi connectivity index (χ3n) is 4.64. The molecule has 1 amide bonds. The SMILES string of the molecule is C=CCOc1cc(OC)ccc1C(=O)NCC1(C(=O)O)CCCCC1. The minimum atomic E-state index is -0.873. The van der Waals surface area contributed by atoms with Crippen LogP contribution >= 0.6 is 0 Å². The zero-order valence-electron chi connectivity index (χ0n) is 14.5. The van der Waals surface area contributed by atoms with Crippen LogP contribution in [-0.2, 0) is 4.79 Å². The molecule has 0 aliphatic heterocycles. The summed E-state index contributed by atoms with van der Waals surface area (Å²) < 4.78 is 10.7. The Morgan fingerprint density at radius 3 is 2.64 bits per heavy atom. The molecule has 6 heteroatoms. The predicted molar refractivity (Wildman–Crippen MR) is 94.2 cm³/mol. The maximum atomic E-state index is 12.6. The van der Waals surface area contributed by atoms with Crippen molar-refractivity contribution >= 4 is 11.9 Å². The fourth-order valence-corrected chi connectivity index (χ4v) is 3.12. The molecule has 0 heterocycles. The summed E-state index contributed by atoms with van der Waals surface area (Å²) in [5.41, 5.74) is -0.526. The van der Waals surface area contributed by atoms with Crippen LogP contribution in [0.25, 0.3) is 0 Å². The zero-order chi connectivity index (χ0) is 18.3. The second-order valence-corrected chi connectivity index (χ2v) is 6.29. The van der Waals surface area contributed by atoms with Gasteiger partial charge in [-0.15, -0.1) is 0 Å². The fraction of sp³-hybridized carbons (Fsp3) is 0.474. The Kier molecular flexibility index (Phi) is 6.44. The highest BCUT2D eigenvalue weighted by Gasteiger charge is 2.39. The molecule has 2 N–H and O–H groups in total. The smallest absolute Gasteiger partial charge is 0.311 e. The lowest BCUT2D eigenvalue weighted by atomic mass is 9.74. The molecule has 0 atom stereocenters. The Balaban J connectivity index is 2.13. The van der Waals surface area contributed by atoms with Gasteiger partial charge < -0.3 is 19.9 Å². The van der Waals surface area contributed by atoms with Crippen LogP contribution in [0.4, 0.5) is 0 Å². The molecule has 1 aromatic carbocycles. The maximum Gasteiger partial charge on any atom is 0.311 e. The van der Waals surface area contributed by atoms with Gasteiger partial charge in [-0.3, -0.25) is 9.59 Å². The molecule has 6 nitrogen and oxygen atoms in total. The summed E-state index contributed by atoms with van der Waals surface area (Å²) in [6, 6.07) is 4.91. The number of carboxylic acid groups (broad SMARTS) is 1. The van der Waals surface area contributed by atoms with Gasteiger partial charge in [0.1, 0.15) is 18.1 Å². The van der Waals surface area contributed by atoms with Crippen molar-refractivity contribution in [3.8, 4) is 11.5 Å². The van der Waals surface area contributed by atoms with E-state index >= 15 is 0 Å². The summed E-state index contributed by atoms with van der Waals surface area (Å²) >= 11 is 0. The normalized spacial score (nSPS) is 15.9. The lowest BCUT2D eigenvalue weighted by molar-refractivity contribution is -0.150. The summed E-state index contributed by atoms with van der Waals surface area (Å²) in [5, 5.41) is 12.4. The Morgan fingerprint density at radius 1 is 1.32 bits per heavy atom. The van der Waals surface area contributed by atoms with Crippen molar-refractivity contribution in [3.05, 3.63) is 36.4 Å². The van der Waals surface area contributed by atoms with Crippen molar-refractivity contribution < 1.29 is 24.2 Å². The highest BCUT2D eigenvalue weighted by molar-refractivity contribution is 5.97. The van der Waals surface area contributed by atoms with Gasteiger partial charge in [-0.25, -0.2) is 0 Å². The van der Waals surface area contributed by atoms with Crippen molar-refractivity contribution in [3.63, 3.8) is 0 Å². The highest BCUT2D eigenvalue weighted by atomic mass is 16.5. The topological polar surface area (TPSA) is 84.9 Å². The van der Waals surface area contributed by atoms with E-state index < -0.39 is 11.4 Å². The summed E-state index contributed by atoms with van der Waals surface area (Å²) in [6.07, 6.45) is 5.55. The zero-order valence-corrected chi connectivity index (χ0v) is 14.5. The molecule has 136 valence electrons. The fourth-order valence-electron chi connectivity index (χ4n) is 3.12. The summed E-state index contributed by atoms with van der Waals surface area (Å²) in [5.74, 6) is -0.243. The molecule has 1 aliphatic rings. The van der Waals surface area contributed by atoms with Gasteiger partial charge in [-0.05, 0) is 25.0 Å². The van der Waals surface area contributed by atoms with E-state index in [4.69, 9.17) is 9.47 Å². The number of nitrogens with one attached hydrogen (secondary N) is 1. The van der Waals surface area contributed by atoms with E-state index in [1.165, 1.54) is 7.11 Å². The van der Waals surface area contributed by atoms with E-state index in [1.54, 1.807) is 24.3 Å². The van der Waals surface area contributed by atoms with Gasteiger partial charge in [0.2, 0.25) is 0 Å². The molecule has 1 saturated carbocycles. The van der Waals surface area contributed by atoms with Gasteiger partial charge >= 0.3 is 5.97 Å². The number of methoxy groups -OCH3 is 1. The van der Waals surface area contributed by atoms with Gasteiger partial charge in [-0.2, -0.15) is 0 Å². The summed E-state index contributed by atoms with van der Waals surface area (Å²) in [7, 11) is 1.53. The van der Waals surface area contributed by atoms with Crippen molar-refractivity contribution in [2.75, 3.05) is 20.3 Å². The van der Waals surface area contributed by atoms with Crippen LogP contribution in [0.15, 0.2) is 30.9 Å². The van der Waals surface area contributed by atoms with Crippen LogP contribution in [-0.4, -0.2) is 37.2 Å². The first-order chi connectivity index (χ1) is 12.0. The van der Waals surface area contributed by atoms with Gasteiger partial charge in [0.15, 0.2) is 0 Å². The average molecular weight is 347 g/mol. The Hall–Kier alpha value is -2.50. The Bertz CT molecular complexity index is 635.